The summed E-state index contributed by atoms with van der Waals surface area (Å²) in [6, 6.07) is 0.767. The van der Waals surface area contributed by atoms with Gasteiger partial charge in [-0.25, -0.2) is 0 Å². The van der Waals surface area contributed by atoms with E-state index >= 15 is 0 Å². The predicted octanol–water partition coefficient (Wildman–Crippen LogP) is 0.219. The molecule has 1 unspecified atom stereocenters. The van der Waals surface area contributed by atoms with Crippen molar-refractivity contribution in [2.24, 2.45) is 5.92 Å². The fourth-order valence-electron chi connectivity index (χ4n) is 2.36. The van der Waals surface area contributed by atoms with Gasteiger partial charge in [-0.15, -0.1) is 11.8 Å². The minimum Gasteiger partial charge on any atom is -0.358 e. The number of rotatable bonds is 6. The molecule has 1 aromatic heterocycles. The second kappa shape index (κ2) is 6.57. The number of carbonyl (C=O) groups is 2. The Morgan fingerprint density at radius 1 is 1.48 bits per heavy atom. The summed E-state index contributed by atoms with van der Waals surface area (Å²) in [6.07, 6.45) is 3.70. The number of carbonyl (C=O) groups excluding carboxylic acids is 2. The van der Waals surface area contributed by atoms with E-state index in [0.717, 1.165) is 12.8 Å². The van der Waals surface area contributed by atoms with Gasteiger partial charge in [0.1, 0.15) is 12.6 Å². The smallest absolute Gasteiger partial charge is 0.358 e. The number of thioether (sulfide) groups is 1. The first kappa shape index (κ1) is 15.8. The molecular weight excluding hydrogens is 322 g/mol. The van der Waals surface area contributed by atoms with Crippen LogP contribution < -0.4 is 5.32 Å². The molecule has 1 aromatic rings. The van der Waals surface area contributed by atoms with Gasteiger partial charge >= 0.3 is 5.82 Å². The molecule has 2 heterocycles. The van der Waals surface area contributed by atoms with Gasteiger partial charge in [0, 0.05) is 12.3 Å². The average Bonchev–Trinajstić information content (AvgIpc) is 3.01. The van der Waals surface area contributed by atoms with Gasteiger partial charge in [-0.05, 0) is 23.7 Å². The minimum atomic E-state index is -0.610. The van der Waals surface area contributed by atoms with Crippen LogP contribution in [0, 0.1) is 16.0 Å². The topological polar surface area (TPSA) is 110 Å². The minimum absolute atomic E-state index is 0.110. The maximum Gasteiger partial charge on any atom is 0.389 e. The van der Waals surface area contributed by atoms with E-state index < -0.39 is 11.0 Å². The molecule has 1 aliphatic heterocycles. The molecule has 9 nitrogen and oxygen atoms in total. The molecule has 124 valence electrons. The van der Waals surface area contributed by atoms with Gasteiger partial charge in [0.25, 0.3) is 0 Å². The van der Waals surface area contributed by atoms with Gasteiger partial charge in [0.05, 0.1) is 23.2 Å². The predicted molar refractivity (Wildman–Crippen MR) is 82.6 cm³/mol. The Bertz CT molecular complexity index is 630. The van der Waals surface area contributed by atoms with Crippen LogP contribution in [0.4, 0.5) is 5.82 Å². The van der Waals surface area contributed by atoms with Gasteiger partial charge in [-0.2, -0.15) is 4.68 Å². The van der Waals surface area contributed by atoms with E-state index in [0.29, 0.717) is 24.1 Å². The van der Waals surface area contributed by atoms with E-state index in [1.165, 1.54) is 33.6 Å². The highest BCUT2D eigenvalue weighted by atomic mass is 32.2. The lowest BCUT2D eigenvalue weighted by molar-refractivity contribution is -0.389. The molecule has 0 aromatic carbocycles. The molecule has 1 aliphatic carbocycles. The van der Waals surface area contributed by atoms with Gasteiger partial charge in [0.15, 0.2) is 0 Å². The standard InChI is InChI=1S/C13H17N5O4S/c19-12(6-16-4-3-11(15-16)18(21)22)17-8-23-7-10(17)13(20)14-5-9-1-2-9/h3-4,9-10H,1-2,5-8H2,(H,14,20). The first-order valence-electron chi connectivity index (χ1n) is 7.37. The molecule has 2 amide bonds. The van der Waals surface area contributed by atoms with Crippen LogP contribution in [0.2, 0.25) is 0 Å². The van der Waals surface area contributed by atoms with E-state index in [2.05, 4.69) is 10.4 Å². The zero-order valence-corrected chi connectivity index (χ0v) is 13.2. The van der Waals surface area contributed by atoms with E-state index in [1.807, 2.05) is 0 Å². The molecule has 2 aliphatic rings. The fraction of sp³-hybridized carbons (Fsp3) is 0.615. The maximum absolute atomic E-state index is 12.4. The third kappa shape index (κ3) is 3.81. The fourth-order valence-corrected chi connectivity index (χ4v) is 3.54. The third-order valence-electron chi connectivity index (χ3n) is 3.88. The highest BCUT2D eigenvalue weighted by Crippen LogP contribution is 2.28. The molecule has 1 saturated heterocycles. The lowest BCUT2D eigenvalue weighted by Crippen LogP contribution is -2.48. The molecule has 1 saturated carbocycles. The Morgan fingerprint density at radius 2 is 2.26 bits per heavy atom. The van der Waals surface area contributed by atoms with Crippen molar-refractivity contribution < 1.29 is 14.5 Å². The second-order valence-electron chi connectivity index (χ2n) is 5.70. The van der Waals surface area contributed by atoms with Crippen LogP contribution in [-0.2, 0) is 16.1 Å². The summed E-state index contributed by atoms with van der Waals surface area (Å²) < 4.78 is 1.22. The average molecular weight is 339 g/mol. The lowest BCUT2D eigenvalue weighted by Gasteiger charge is -2.22. The monoisotopic (exact) mass is 339 g/mol. The summed E-state index contributed by atoms with van der Waals surface area (Å²) in [5.41, 5.74) is 0. The quantitative estimate of drug-likeness (QED) is 0.586. The Hall–Kier alpha value is -2.10. The molecule has 0 radical (unpaired) electrons. The zero-order valence-electron chi connectivity index (χ0n) is 12.4. The van der Waals surface area contributed by atoms with Crippen molar-refractivity contribution in [2.45, 2.75) is 25.4 Å². The van der Waals surface area contributed by atoms with Gasteiger partial charge in [-0.3, -0.25) is 9.59 Å². The van der Waals surface area contributed by atoms with E-state index in [4.69, 9.17) is 0 Å². The van der Waals surface area contributed by atoms with Crippen LogP contribution in [0.15, 0.2) is 12.3 Å². The van der Waals surface area contributed by atoms with Crippen molar-refractivity contribution in [1.82, 2.24) is 20.0 Å². The molecule has 0 spiro atoms. The van der Waals surface area contributed by atoms with Crippen molar-refractivity contribution in [3.63, 3.8) is 0 Å². The van der Waals surface area contributed by atoms with E-state index in [9.17, 15) is 19.7 Å². The summed E-state index contributed by atoms with van der Waals surface area (Å²) in [6.45, 7) is 0.564. The van der Waals surface area contributed by atoms with Crippen LogP contribution in [0.3, 0.4) is 0 Å². The molecule has 3 rings (SSSR count). The van der Waals surface area contributed by atoms with Gasteiger partial charge in [0.2, 0.25) is 11.8 Å². The molecule has 1 atom stereocenters. The summed E-state index contributed by atoms with van der Waals surface area (Å²) in [7, 11) is 0. The normalized spacial score (nSPS) is 20.5. The molecule has 23 heavy (non-hydrogen) atoms. The summed E-state index contributed by atoms with van der Waals surface area (Å²) in [4.78, 5) is 36.1. The van der Waals surface area contributed by atoms with E-state index in [-0.39, 0.29) is 24.2 Å². The number of nitrogens with zero attached hydrogens (tertiary/aromatic N) is 4. The Balaban J connectivity index is 1.58. The number of aromatic nitrogens is 2. The number of nitrogens with one attached hydrogen (secondary N) is 1. The highest BCUT2D eigenvalue weighted by Gasteiger charge is 2.35. The largest absolute Gasteiger partial charge is 0.389 e. The molecule has 1 N–H and O–H groups in total. The van der Waals surface area contributed by atoms with Gasteiger partial charge in [-0.1, -0.05) is 0 Å². The maximum atomic E-state index is 12.4. The zero-order chi connectivity index (χ0) is 16.4. The molecular formula is C13H17N5O4S. The summed E-state index contributed by atoms with van der Waals surface area (Å²) in [5.74, 6) is 0.918. The number of hydrogen-bond acceptors (Lipinski definition) is 6. The van der Waals surface area contributed by atoms with Crippen LogP contribution in [0.1, 0.15) is 12.8 Å². The van der Waals surface area contributed by atoms with Crippen molar-refractivity contribution in [3.05, 3.63) is 22.4 Å². The van der Waals surface area contributed by atoms with Crippen LogP contribution >= 0.6 is 11.8 Å². The summed E-state index contributed by atoms with van der Waals surface area (Å²) >= 11 is 1.52. The summed E-state index contributed by atoms with van der Waals surface area (Å²) in [5, 5.41) is 17.2. The van der Waals surface area contributed by atoms with Crippen molar-refractivity contribution in [1.29, 1.82) is 0 Å². The van der Waals surface area contributed by atoms with Crippen molar-refractivity contribution in [3.8, 4) is 0 Å². The molecule has 10 heteroatoms. The number of amides is 2. The van der Waals surface area contributed by atoms with Crippen LogP contribution in [0.5, 0.6) is 0 Å². The second-order valence-corrected chi connectivity index (χ2v) is 6.70. The SMILES string of the molecule is O=C(NCC1CC1)C1CSCN1C(=O)Cn1ccc([N+](=O)[O-])n1. The number of nitro groups is 1. The Labute approximate surface area is 136 Å². The van der Waals surface area contributed by atoms with Crippen molar-refractivity contribution in [2.75, 3.05) is 18.2 Å². The number of hydrogen-bond donors (Lipinski definition) is 1. The van der Waals surface area contributed by atoms with Crippen LogP contribution in [0.25, 0.3) is 0 Å². The van der Waals surface area contributed by atoms with Crippen LogP contribution in [-0.4, -0.2) is 55.6 Å². The third-order valence-corrected chi connectivity index (χ3v) is 4.89. The van der Waals surface area contributed by atoms with Crippen molar-refractivity contribution >= 4 is 29.4 Å². The van der Waals surface area contributed by atoms with E-state index in [1.54, 1.807) is 0 Å². The highest BCUT2D eigenvalue weighted by molar-refractivity contribution is 7.99. The Kier molecular flexibility index (Phi) is 4.51. The molecule has 0 bridgehead atoms. The first-order chi connectivity index (χ1) is 11.0. The van der Waals surface area contributed by atoms with Gasteiger partial charge < -0.3 is 20.3 Å². The Morgan fingerprint density at radius 3 is 2.91 bits per heavy atom. The molecule has 2 fully saturated rings. The lowest BCUT2D eigenvalue weighted by atomic mass is 10.2. The first-order valence-corrected chi connectivity index (χ1v) is 8.53.